The summed E-state index contributed by atoms with van der Waals surface area (Å²) in [5, 5.41) is 10.2. The standard InChI is InChI=1S/C11H14BrNO2S/c12-10-3-1-2-9(13-10)11(14)8-4-6-16(15)7-5-8/h1-3,8,11,14H,4-7H2. The van der Waals surface area contributed by atoms with E-state index in [1.807, 2.05) is 18.2 Å². The van der Waals surface area contributed by atoms with Crippen molar-refractivity contribution in [3.8, 4) is 0 Å². The molecule has 0 radical (unpaired) electrons. The van der Waals surface area contributed by atoms with E-state index >= 15 is 0 Å². The van der Waals surface area contributed by atoms with Crippen molar-refractivity contribution >= 4 is 26.7 Å². The number of pyridine rings is 1. The van der Waals surface area contributed by atoms with Gasteiger partial charge in [-0.1, -0.05) is 6.07 Å². The van der Waals surface area contributed by atoms with Gasteiger partial charge >= 0.3 is 0 Å². The first-order valence-corrected chi connectivity index (χ1v) is 7.60. The van der Waals surface area contributed by atoms with E-state index in [1.165, 1.54) is 0 Å². The summed E-state index contributed by atoms with van der Waals surface area (Å²) in [5.74, 6) is 1.60. The van der Waals surface area contributed by atoms with E-state index in [1.54, 1.807) is 0 Å². The van der Waals surface area contributed by atoms with E-state index in [0.29, 0.717) is 17.2 Å². The van der Waals surface area contributed by atoms with Gasteiger partial charge < -0.3 is 5.11 Å². The summed E-state index contributed by atoms with van der Waals surface area (Å²) in [6, 6.07) is 5.55. The smallest absolute Gasteiger partial charge is 0.106 e. The molecule has 0 aromatic carbocycles. The molecular weight excluding hydrogens is 290 g/mol. The summed E-state index contributed by atoms with van der Waals surface area (Å²) in [6.07, 6.45) is 1.11. The molecule has 1 atom stereocenters. The van der Waals surface area contributed by atoms with Crippen LogP contribution in [0.15, 0.2) is 22.8 Å². The number of hydrogen-bond acceptors (Lipinski definition) is 3. The third kappa shape index (κ3) is 2.90. The molecule has 2 rings (SSSR count). The minimum Gasteiger partial charge on any atom is -0.387 e. The molecule has 0 spiro atoms. The summed E-state index contributed by atoms with van der Waals surface area (Å²) in [4.78, 5) is 4.26. The van der Waals surface area contributed by atoms with Crippen LogP contribution >= 0.6 is 15.9 Å². The maximum Gasteiger partial charge on any atom is 0.106 e. The first-order chi connectivity index (χ1) is 7.66. The molecule has 1 N–H and O–H groups in total. The summed E-state index contributed by atoms with van der Waals surface area (Å²) < 4.78 is 12.0. The molecule has 5 heteroatoms. The van der Waals surface area contributed by atoms with E-state index in [9.17, 15) is 9.32 Å². The van der Waals surface area contributed by atoms with Crippen LogP contribution in [0.1, 0.15) is 24.6 Å². The Labute approximate surface area is 106 Å². The van der Waals surface area contributed by atoms with E-state index < -0.39 is 16.9 Å². The third-order valence-corrected chi connectivity index (χ3v) is 4.74. The second-order valence-corrected chi connectivity index (χ2v) is 6.52. The molecule has 1 saturated heterocycles. The van der Waals surface area contributed by atoms with E-state index in [2.05, 4.69) is 20.9 Å². The van der Waals surface area contributed by atoms with Gasteiger partial charge in [-0.15, -0.1) is 0 Å². The number of hydrogen-bond donors (Lipinski definition) is 1. The highest BCUT2D eigenvalue weighted by Crippen LogP contribution is 2.30. The van der Waals surface area contributed by atoms with E-state index in [-0.39, 0.29) is 5.92 Å². The first-order valence-electron chi connectivity index (χ1n) is 5.32. The molecule has 16 heavy (non-hydrogen) atoms. The second-order valence-electron chi connectivity index (χ2n) is 4.02. The Hall–Kier alpha value is -0.260. The topological polar surface area (TPSA) is 50.2 Å². The van der Waals surface area contributed by atoms with E-state index in [0.717, 1.165) is 17.4 Å². The van der Waals surface area contributed by atoms with Gasteiger partial charge in [-0.25, -0.2) is 4.98 Å². The number of halogens is 1. The average Bonchev–Trinajstić information content (AvgIpc) is 2.29. The Morgan fingerprint density at radius 3 is 2.75 bits per heavy atom. The Balaban J connectivity index is 2.07. The van der Waals surface area contributed by atoms with Crippen LogP contribution in [0, 0.1) is 5.92 Å². The fourth-order valence-corrected chi connectivity index (χ4v) is 3.65. The third-order valence-electron chi connectivity index (χ3n) is 2.92. The van der Waals surface area contributed by atoms with Gasteiger partial charge in [0.15, 0.2) is 0 Å². The molecule has 3 nitrogen and oxygen atoms in total. The second kappa shape index (κ2) is 5.38. The lowest BCUT2D eigenvalue weighted by atomic mass is 9.93. The van der Waals surface area contributed by atoms with Gasteiger partial charge in [-0.2, -0.15) is 0 Å². The molecule has 88 valence electrons. The van der Waals surface area contributed by atoms with Crippen LogP contribution in [-0.2, 0) is 10.8 Å². The zero-order valence-corrected chi connectivity index (χ0v) is 11.2. The van der Waals surface area contributed by atoms with Gasteiger partial charge in [0.2, 0.25) is 0 Å². The van der Waals surface area contributed by atoms with Crippen LogP contribution in [0.2, 0.25) is 0 Å². The number of nitrogens with zero attached hydrogens (tertiary/aromatic N) is 1. The van der Waals surface area contributed by atoms with Crippen LogP contribution in [0.5, 0.6) is 0 Å². The number of aliphatic hydroxyl groups is 1. The number of aliphatic hydroxyl groups excluding tert-OH is 1. The first kappa shape index (κ1) is 12.2. The number of rotatable bonds is 2. The van der Waals surface area contributed by atoms with Crippen molar-refractivity contribution in [2.75, 3.05) is 11.5 Å². The Morgan fingerprint density at radius 1 is 1.44 bits per heavy atom. The Kier molecular flexibility index (Phi) is 4.10. The molecule has 0 saturated carbocycles. The van der Waals surface area contributed by atoms with Crippen molar-refractivity contribution in [2.24, 2.45) is 5.92 Å². The minimum absolute atomic E-state index is 0.194. The van der Waals surface area contributed by atoms with Crippen molar-refractivity contribution < 1.29 is 9.32 Å². The van der Waals surface area contributed by atoms with Crippen LogP contribution in [-0.4, -0.2) is 25.8 Å². The molecule has 2 heterocycles. The van der Waals surface area contributed by atoms with E-state index in [4.69, 9.17) is 0 Å². The van der Waals surface area contributed by atoms with Gasteiger partial charge in [-0.05, 0) is 46.8 Å². The maximum atomic E-state index is 11.2. The minimum atomic E-state index is -0.679. The van der Waals surface area contributed by atoms with Crippen molar-refractivity contribution in [1.82, 2.24) is 4.98 Å². The zero-order valence-electron chi connectivity index (χ0n) is 8.80. The highest BCUT2D eigenvalue weighted by molar-refractivity contribution is 9.10. The fraction of sp³-hybridized carbons (Fsp3) is 0.545. The predicted octanol–water partition coefficient (Wildman–Crippen LogP) is 2.04. The van der Waals surface area contributed by atoms with Gasteiger partial charge in [0.05, 0.1) is 11.8 Å². The molecule has 0 aliphatic carbocycles. The lowest BCUT2D eigenvalue weighted by Crippen LogP contribution is -2.24. The van der Waals surface area contributed by atoms with Crippen LogP contribution < -0.4 is 0 Å². The molecule has 1 fully saturated rings. The Morgan fingerprint density at radius 2 is 2.12 bits per heavy atom. The molecule has 0 bridgehead atoms. The normalized spacial score (nSPS) is 27.6. The van der Waals surface area contributed by atoms with Gasteiger partial charge in [0.1, 0.15) is 4.60 Å². The number of aromatic nitrogens is 1. The molecular formula is C11H14BrNO2S. The van der Waals surface area contributed by atoms with Crippen LogP contribution in [0.4, 0.5) is 0 Å². The fourth-order valence-electron chi connectivity index (χ4n) is 1.96. The highest BCUT2D eigenvalue weighted by Gasteiger charge is 2.26. The summed E-state index contributed by atoms with van der Waals surface area (Å²) in [7, 11) is -0.679. The highest BCUT2D eigenvalue weighted by atomic mass is 79.9. The summed E-state index contributed by atoms with van der Waals surface area (Å²) >= 11 is 3.29. The van der Waals surface area contributed by atoms with Gasteiger partial charge in [0, 0.05) is 22.3 Å². The monoisotopic (exact) mass is 303 g/mol. The SMILES string of the molecule is O=S1CCC(C(O)c2cccc(Br)n2)CC1. The van der Waals surface area contributed by atoms with Crippen molar-refractivity contribution in [1.29, 1.82) is 0 Å². The summed E-state index contributed by atoms with van der Waals surface area (Å²) in [5.41, 5.74) is 0.701. The molecule has 1 aromatic heterocycles. The van der Waals surface area contributed by atoms with Crippen molar-refractivity contribution in [3.05, 3.63) is 28.5 Å². The summed E-state index contributed by atoms with van der Waals surface area (Å²) in [6.45, 7) is 0. The van der Waals surface area contributed by atoms with Crippen LogP contribution in [0.3, 0.4) is 0 Å². The van der Waals surface area contributed by atoms with Crippen molar-refractivity contribution in [2.45, 2.75) is 18.9 Å². The van der Waals surface area contributed by atoms with Crippen molar-refractivity contribution in [3.63, 3.8) is 0 Å². The molecule has 1 aromatic rings. The lowest BCUT2D eigenvalue weighted by molar-refractivity contribution is 0.0983. The quantitative estimate of drug-likeness (QED) is 0.851. The average molecular weight is 304 g/mol. The molecule has 1 unspecified atom stereocenters. The molecule has 1 aliphatic heterocycles. The zero-order chi connectivity index (χ0) is 11.5. The Bertz CT molecular complexity index is 389. The maximum absolute atomic E-state index is 11.2. The predicted molar refractivity (Wildman–Crippen MR) is 67.5 cm³/mol. The van der Waals surface area contributed by atoms with Gasteiger partial charge in [0.25, 0.3) is 0 Å². The molecule has 0 amide bonds. The van der Waals surface area contributed by atoms with Gasteiger partial charge in [-0.3, -0.25) is 4.21 Å². The van der Waals surface area contributed by atoms with Crippen LogP contribution in [0.25, 0.3) is 0 Å². The molecule has 1 aliphatic rings. The lowest BCUT2D eigenvalue weighted by Gasteiger charge is -2.25. The largest absolute Gasteiger partial charge is 0.387 e.